The zero-order valence-corrected chi connectivity index (χ0v) is 8.29. The first kappa shape index (κ1) is 9.44. The van der Waals surface area contributed by atoms with E-state index in [9.17, 15) is 0 Å². The Labute approximate surface area is 79.6 Å². The standard InChI is InChI=1S/C10H19NO2/c1-10(8-4-2-3-5-8)12-7-9(6-11)13-10/h8-9H,2-7,11H2,1H3. The molecule has 0 aromatic carbocycles. The summed E-state index contributed by atoms with van der Waals surface area (Å²) in [4.78, 5) is 0. The first-order valence-corrected chi connectivity index (χ1v) is 5.26. The molecule has 0 radical (unpaired) electrons. The lowest BCUT2D eigenvalue weighted by atomic mass is 9.98. The highest BCUT2D eigenvalue weighted by Crippen LogP contribution is 2.40. The smallest absolute Gasteiger partial charge is 0.168 e. The van der Waals surface area contributed by atoms with Gasteiger partial charge in [0.2, 0.25) is 0 Å². The van der Waals surface area contributed by atoms with Gasteiger partial charge in [0.15, 0.2) is 5.79 Å². The number of nitrogens with two attached hydrogens (primary N) is 1. The Hall–Kier alpha value is -0.120. The molecule has 1 aliphatic carbocycles. The summed E-state index contributed by atoms with van der Waals surface area (Å²) in [6, 6.07) is 0. The van der Waals surface area contributed by atoms with Gasteiger partial charge in [0.05, 0.1) is 12.7 Å². The topological polar surface area (TPSA) is 44.5 Å². The van der Waals surface area contributed by atoms with Crippen LogP contribution in [-0.4, -0.2) is 25.0 Å². The van der Waals surface area contributed by atoms with E-state index in [2.05, 4.69) is 6.92 Å². The van der Waals surface area contributed by atoms with Gasteiger partial charge in [0.1, 0.15) is 0 Å². The molecule has 3 nitrogen and oxygen atoms in total. The molecule has 2 aliphatic rings. The lowest BCUT2D eigenvalue weighted by Crippen LogP contribution is -2.36. The molecule has 2 unspecified atom stereocenters. The van der Waals surface area contributed by atoms with E-state index < -0.39 is 0 Å². The molecule has 13 heavy (non-hydrogen) atoms. The van der Waals surface area contributed by atoms with Gasteiger partial charge in [-0.15, -0.1) is 0 Å². The van der Waals surface area contributed by atoms with Crippen molar-refractivity contribution in [1.29, 1.82) is 0 Å². The molecule has 2 N–H and O–H groups in total. The molecular weight excluding hydrogens is 166 g/mol. The fraction of sp³-hybridized carbons (Fsp3) is 1.00. The Morgan fingerprint density at radius 2 is 2.08 bits per heavy atom. The zero-order valence-electron chi connectivity index (χ0n) is 8.29. The summed E-state index contributed by atoms with van der Waals surface area (Å²) in [6.07, 6.45) is 5.24. The summed E-state index contributed by atoms with van der Waals surface area (Å²) in [5, 5.41) is 0. The van der Waals surface area contributed by atoms with Crippen molar-refractivity contribution in [2.75, 3.05) is 13.2 Å². The first-order chi connectivity index (χ1) is 6.24. The minimum absolute atomic E-state index is 0.116. The fourth-order valence-electron chi connectivity index (χ4n) is 2.44. The maximum absolute atomic E-state index is 5.83. The van der Waals surface area contributed by atoms with Crippen LogP contribution in [0.3, 0.4) is 0 Å². The van der Waals surface area contributed by atoms with Crippen LogP contribution in [0.4, 0.5) is 0 Å². The van der Waals surface area contributed by atoms with Crippen LogP contribution in [0.15, 0.2) is 0 Å². The highest BCUT2D eigenvalue weighted by Gasteiger charge is 2.44. The summed E-state index contributed by atoms with van der Waals surface area (Å²) in [7, 11) is 0. The highest BCUT2D eigenvalue weighted by atomic mass is 16.7. The molecule has 2 atom stereocenters. The van der Waals surface area contributed by atoms with Crippen LogP contribution in [0.1, 0.15) is 32.6 Å². The van der Waals surface area contributed by atoms with E-state index in [-0.39, 0.29) is 11.9 Å². The van der Waals surface area contributed by atoms with Crippen LogP contribution in [-0.2, 0) is 9.47 Å². The Bertz CT molecular complexity index is 180. The molecule has 2 rings (SSSR count). The number of hydrogen-bond donors (Lipinski definition) is 1. The largest absolute Gasteiger partial charge is 0.347 e. The van der Waals surface area contributed by atoms with Gasteiger partial charge in [0.25, 0.3) is 0 Å². The quantitative estimate of drug-likeness (QED) is 0.704. The van der Waals surface area contributed by atoms with Gasteiger partial charge < -0.3 is 15.2 Å². The van der Waals surface area contributed by atoms with E-state index in [1.54, 1.807) is 0 Å². The average molecular weight is 185 g/mol. The van der Waals surface area contributed by atoms with E-state index in [1.165, 1.54) is 25.7 Å². The number of hydrogen-bond acceptors (Lipinski definition) is 3. The molecular formula is C10H19NO2. The van der Waals surface area contributed by atoms with Gasteiger partial charge in [-0.25, -0.2) is 0 Å². The van der Waals surface area contributed by atoms with Crippen molar-refractivity contribution in [2.45, 2.75) is 44.5 Å². The second kappa shape index (κ2) is 3.56. The van der Waals surface area contributed by atoms with E-state index in [1.807, 2.05) is 0 Å². The van der Waals surface area contributed by atoms with Crippen molar-refractivity contribution >= 4 is 0 Å². The third-order valence-electron chi connectivity index (χ3n) is 3.32. The van der Waals surface area contributed by atoms with Crippen LogP contribution in [0.25, 0.3) is 0 Å². The maximum atomic E-state index is 5.83. The van der Waals surface area contributed by atoms with Gasteiger partial charge in [-0.3, -0.25) is 0 Å². The summed E-state index contributed by atoms with van der Waals surface area (Å²) in [5.74, 6) is 0.254. The molecule has 0 amide bonds. The summed E-state index contributed by atoms with van der Waals surface area (Å²) in [6.45, 7) is 3.31. The molecule has 0 aromatic rings. The average Bonchev–Trinajstić information content (AvgIpc) is 2.72. The molecule has 0 bridgehead atoms. The highest BCUT2D eigenvalue weighted by molar-refractivity contribution is 4.85. The number of ether oxygens (including phenoxy) is 2. The van der Waals surface area contributed by atoms with Crippen LogP contribution in [0, 0.1) is 5.92 Å². The van der Waals surface area contributed by atoms with Crippen molar-refractivity contribution in [1.82, 2.24) is 0 Å². The molecule has 1 aliphatic heterocycles. The van der Waals surface area contributed by atoms with Gasteiger partial charge in [0, 0.05) is 12.5 Å². The first-order valence-electron chi connectivity index (χ1n) is 5.26. The van der Waals surface area contributed by atoms with Crippen LogP contribution in [0.2, 0.25) is 0 Å². The van der Waals surface area contributed by atoms with Gasteiger partial charge in [-0.2, -0.15) is 0 Å². The van der Waals surface area contributed by atoms with Crippen LogP contribution < -0.4 is 5.73 Å². The van der Waals surface area contributed by atoms with E-state index in [0.717, 1.165) is 0 Å². The van der Waals surface area contributed by atoms with E-state index in [4.69, 9.17) is 15.2 Å². The Morgan fingerprint density at radius 3 is 2.62 bits per heavy atom. The second-order valence-electron chi connectivity index (χ2n) is 4.28. The van der Waals surface area contributed by atoms with Crippen molar-refractivity contribution in [3.05, 3.63) is 0 Å². The molecule has 2 fully saturated rings. The van der Waals surface area contributed by atoms with Gasteiger partial charge >= 0.3 is 0 Å². The molecule has 76 valence electrons. The van der Waals surface area contributed by atoms with Gasteiger partial charge in [-0.1, -0.05) is 12.8 Å². The summed E-state index contributed by atoms with van der Waals surface area (Å²) in [5.41, 5.74) is 5.55. The van der Waals surface area contributed by atoms with E-state index >= 15 is 0 Å². The maximum Gasteiger partial charge on any atom is 0.168 e. The zero-order chi connectivity index (χ0) is 9.31. The Morgan fingerprint density at radius 1 is 1.38 bits per heavy atom. The molecule has 0 aromatic heterocycles. The van der Waals surface area contributed by atoms with Crippen LogP contribution in [0.5, 0.6) is 0 Å². The third-order valence-corrected chi connectivity index (χ3v) is 3.32. The molecule has 0 spiro atoms. The van der Waals surface area contributed by atoms with Gasteiger partial charge in [-0.05, 0) is 19.8 Å². The fourth-order valence-corrected chi connectivity index (χ4v) is 2.44. The molecule has 1 saturated heterocycles. The Kier molecular flexibility index (Phi) is 2.58. The monoisotopic (exact) mass is 185 g/mol. The summed E-state index contributed by atoms with van der Waals surface area (Å²) < 4.78 is 11.6. The predicted molar refractivity (Wildman–Crippen MR) is 50.2 cm³/mol. The SMILES string of the molecule is CC1(C2CCCC2)OCC(CN)O1. The lowest BCUT2D eigenvalue weighted by molar-refractivity contribution is -0.188. The van der Waals surface area contributed by atoms with Crippen molar-refractivity contribution in [2.24, 2.45) is 11.7 Å². The van der Waals surface area contributed by atoms with Crippen molar-refractivity contribution < 1.29 is 9.47 Å². The predicted octanol–water partition coefficient (Wildman–Crippen LogP) is 1.27. The van der Waals surface area contributed by atoms with Crippen molar-refractivity contribution in [3.63, 3.8) is 0 Å². The molecule has 1 saturated carbocycles. The number of rotatable bonds is 2. The summed E-state index contributed by atoms with van der Waals surface area (Å²) >= 11 is 0. The Balaban J connectivity index is 1.96. The van der Waals surface area contributed by atoms with Crippen molar-refractivity contribution in [3.8, 4) is 0 Å². The molecule has 1 heterocycles. The second-order valence-corrected chi connectivity index (χ2v) is 4.28. The lowest BCUT2D eigenvalue weighted by Gasteiger charge is -2.29. The molecule has 3 heteroatoms. The van der Waals surface area contributed by atoms with E-state index in [0.29, 0.717) is 19.1 Å². The minimum atomic E-state index is -0.333. The third kappa shape index (κ3) is 1.73. The minimum Gasteiger partial charge on any atom is -0.347 e. The van der Waals surface area contributed by atoms with Crippen LogP contribution >= 0.6 is 0 Å². The normalized spacial score (nSPS) is 41.5.